The molecular weight excluding hydrogens is 354 g/mol. The van der Waals surface area contributed by atoms with Crippen molar-refractivity contribution < 1.29 is 14.4 Å². The maximum Gasteiger partial charge on any atom is 0.272 e. The Morgan fingerprint density at radius 2 is 1.68 bits per heavy atom. The zero-order valence-electron chi connectivity index (χ0n) is 16.9. The molecule has 0 radical (unpaired) electrons. The number of benzene rings is 1. The van der Waals surface area contributed by atoms with Gasteiger partial charge in [-0.15, -0.1) is 0 Å². The van der Waals surface area contributed by atoms with Crippen LogP contribution in [0.1, 0.15) is 75.1 Å². The van der Waals surface area contributed by atoms with Crippen molar-refractivity contribution in [3.8, 4) is 0 Å². The van der Waals surface area contributed by atoms with E-state index in [9.17, 15) is 14.4 Å². The quantitative estimate of drug-likeness (QED) is 0.451. The molecule has 1 atom stereocenters. The highest BCUT2D eigenvalue weighted by Crippen LogP contribution is 2.12. The van der Waals surface area contributed by atoms with Crippen LogP contribution in [0.3, 0.4) is 0 Å². The molecule has 154 valence electrons. The van der Waals surface area contributed by atoms with Crippen LogP contribution in [0.15, 0.2) is 30.3 Å². The zero-order valence-corrected chi connectivity index (χ0v) is 16.9. The van der Waals surface area contributed by atoms with Crippen LogP contribution in [0.5, 0.6) is 0 Å². The molecule has 3 amide bonds. The van der Waals surface area contributed by atoms with E-state index in [0.29, 0.717) is 18.7 Å². The number of hydrogen-bond donors (Lipinski definition) is 2. The Bertz CT molecular complexity index is 633. The van der Waals surface area contributed by atoms with Gasteiger partial charge >= 0.3 is 0 Å². The summed E-state index contributed by atoms with van der Waals surface area (Å²) in [6, 6.07) is 8.96. The van der Waals surface area contributed by atoms with Crippen LogP contribution in [-0.4, -0.2) is 35.8 Å². The summed E-state index contributed by atoms with van der Waals surface area (Å²) in [7, 11) is 0. The number of rotatable bonds is 11. The lowest BCUT2D eigenvalue weighted by atomic mass is 10.1. The third kappa shape index (κ3) is 7.33. The molecule has 1 saturated heterocycles. The third-order valence-corrected chi connectivity index (χ3v) is 5.09. The van der Waals surface area contributed by atoms with Gasteiger partial charge in [-0.1, -0.05) is 70.1 Å². The van der Waals surface area contributed by atoms with Crippen molar-refractivity contribution in [2.45, 2.75) is 64.7 Å². The van der Waals surface area contributed by atoms with Crippen molar-refractivity contribution in [1.29, 1.82) is 0 Å². The number of carbonyl (C=O) groups is 3. The molecule has 28 heavy (non-hydrogen) atoms. The van der Waals surface area contributed by atoms with Crippen molar-refractivity contribution in [3.63, 3.8) is 0 Å². The number of nitrogens with zero attached hydrogens (tertiary/aromatic N) is 1. The number of nitrogens with one attached hydrogen (secondary N) is 2. The van der Waals surface area contributed by atoms with Crippen molar-refractivity contribution in [2.24, 2.45) is 5.92 Å². The SMILES string of the molecule is CCCCCCCCCCN(NC(=O)C1CNC(=O)C1)C(=O)c1ccccc1. The first kappa shape index (κ1) is 21.9. The smallest absolute Gasteiger partial charge is 0.272 e. The molecule has 1 aromatic carbocycles. The van der Waals surface area contributed by atoms with E-state index in [2.05, 4.69) is 17.7 Å². The van der Waals surface area contributed by atoms with Crippen molar-refractivity contribution in [1.82, 2.24) is 15.8 Å². The van der Waals surface area contributed by atoms with E-state index in [1.165, 1.54) is 37.1 Å². The first-order chi connectivity index (χ1) is 13.6. The predicted octanol–water partition coefficient (Wildman–Crippen LogP) is 3.44. The van der Waals surface area contributed by atoms with Crippen molar-refractivity contribution >= 4 is 17.7 Å². The molecular formula is C22H33N3O3. The third-order valence-electron chi connectivity index (χ3n) is 5.09. The number of hydrazine groups is 1. The fourth-order valence-corrected chi connectivity index (χ4v) is 3.36. The molecule has 0 aliphatic carbocycles. The van der Waals surface area contributed by atoms with Gasteiger partial charge in [0.2, 0.25) is 11.8 Å². The minimum atomic E-state index is -0.419. The van der Waals surface area contributed by atoms with Gasteiger partial charge in [0.25, 0.3) is 5.91 Å². The van der Waals surface area contributed by atoms with Gasteiger partial charge in [0, 0.05) is 25.1 Å². The van der Waals surface area contributed by atoms with E-state index >= 15 is 0 Å². The molecule has 1 aromatic rings. The Morgan fingerprint density at radius 3 is 2.29 bits per heavy atom. The lowest BCUT2D eigenvalue weighted by molar-refractivity contribution is -0.129. The van der Waals surface area contributed by atoms with E-state index < -0.39 is 5.92 Å². The van der Waals surface area contributed by atoms with Gasteiger partial charge in [-0.3, -0.25) is 19.8 Å². The van der Waals surface area contributed by atoms with Gasteiger partial charge in [-0.2, -0.15) is 0 Å². The minimum Gasteiger partial charge on any atom is -0.355 e. The number of unbranched alkanes of at least 4 members (excludes halogenated alkanes) is 7. The average molecular weight is 388 g/mol. The maximum atomic E-state index is 12.8. The molecule has 1 aliphatic rings. The Hall–Kier alpha value is -2.37. The summed E-state index contributed by atoms with van der Waals surface area (Å²) in [4.78, 5) is 36.7. The van der Waals surface area contributed by atoms with Crippen LogP contribution >= 0.6 is 0 Å². The van der Waals surface area contributed by atoms with E-state index in [4.69, 9.17) is 0 Å². The normalized spacial score (nSPS) is 15.9. The van der Waals surface area contributed by atoms with E-state index in [1.807, 2.05) is 18.2 Å². The monoisotopic (exact) mass is 387 g/mol. The highest BCUT2D eigenvalue weighted by molar-refractivity contribution is 5.96. The van der Waals surface area contributed by atoms with Crippen LogP contribution < -0.4 is 10.7 Å². The fourth-order valence-electron chi connectivity index (χ4n) is 3.36. The Morgan fingerprint density at radius 1 is 1.04 bits per heavy atom. The first-order valence-electron chi connectivity index (χ1n) is 10.6. The topological polar surface area (TPSA) is 78.5 Å². The standard InChI is InChI=1S/C22H33N3O3/c1-2-3-4-5-6-7-8-12-15-25(22(28)18-13-10-9-11-14-18)24-21(27)19-16-20(26)23-17-19/h9-11,13-14,19H,2-8,12,15-17H2,1H3,(H,23,26)(H,24,27). The number of hydrogen-bond acceptors (Lipinski definition) is 3. The fraction of sp³-hybridized carbons (Fsp3) is 0.591. The molecule has 6 nitrogen and oxygen atoms in total. The lowest BCUT2D eigenvalue weighted by Crippen LogP contribution is -2.49. The second kappa shape index (κ2) is 12.2. The second-order valence-corrected chi connectivity index (χ2v) is 7.48. The molecule has 2 N–H and O–H groups in total. The molecule has 1 fully saturated rings. The van der Waals surface area contributed by atoms with Crippen molar-refractivity contribution in [2.75, 3.05) is 13.1 Å². The van der Waals surface area contributed by atoms with E-state index in [1.54, 1.807) is 12.1 Å². The van der Waals surface area contributed by atoms with Crippen LogP contribution in [0, 0.1) is 5.92 Å². The van der Waals surface area contributed by atoms with Gasteiger partial charge < -0.3 is 5.32 Å². The zero-order chi connectivity index (χ0) is 20.2. The second-order valence-electron chi connectivity index (χ2n) is 7.48. The Labute approximate surface area is 168 Å². The molecule has 0 spiro atoms. The molecule has 6 heteroatoms. The summed E-state index contributed by atoms with van der Waals surface area (Å²) in [6.07, 6.45) is 9.51. The van der Waals surface area contributed by atoms with Gasteiger partial charge in [0.15, 0.2) is 0 Å². The summed E-state index contributed by atoms with van der Waals surface area (Å²) in [5.41, 5.74) is 3.29. The molecule has 0 bridgehead atoms. The minimum absolute atomic E-state index is 0.121. The Balaban J connectivity index is 1.84. The average Bonchev–Trinajstić information content (AvgIpc) is 3.15. The van der Waals surface area contributed by atoms with Crippen LogP contribution in [0.4, 0.5) is 0 Å². The van der Waals surface area contributed by atoms with Crippen LogP contribution in [-0.2, 0) is 9.59 Å². The highest BCUT2D eigenvalue weighted by atomic mass is 16.2. The lowest BCUT2D eigenvalue weighted by Gasteiger charge is -2.25. The molecule has 1 unspecified atom stereocenters. The first-order valence-corrected chi connectivity index (χ1v) is 10.6. The maximum absolute atomic E-state index is 12.8. The summed E-state index contributed by atoms with van der Waals surface area (Å²) < 4.78 is 0. The summed E-state index contributed by atoms with van der Waals surface area (Å²) in [5.74, 6) is -1.03. The van der Waals surface area contributed by atoms with Crippen LogP contribution in [0.2, 0.25) is 0 Å². The molecule has 0 aromatic heterocycles. The molecule has 0 saturated carbocycles. The van der Waals surface area contributed by atoms with Gasteiger partial charge in [-0.05, 0) is 18.6 Å². The van der Waals surface area contributed by atoms with Gasteiger partial charge in [0.05, 0.1) is 5.92 Å². The highest BCUT2D eigenvalue weighted by Gasteiger charge is 2.30. The van der Waals surface area contributed by atoms with Gasteiger partial charge in [0.1, 0.15) is 0 Å². The summed E-state index contributed by atoms with van der Waals surface area (Å²) in [6.45, 7) is 3.02. The summed E-state index contributed by atoms with van der Waals surface area (Å²) >= 11 is 0. The van der Waals surface area contributed by atoms with Crippen molar-refractivity contribution in [3.05, 3.63) is 35.9 Å². The largest absolute Gasteiger partial charge is 0.355 e. The Kier molecular flexibility index (Phi) is 9.52. The molecule has 1 heterocycles. The predicted molar refractivity (Wildman–Crippen MR) is 109 cm³/mol. The van der Waals surface area contributed by atoms with E-state index in [0.717, 1.165) is 19.3 Å². The molecule has 2 rings (SSSR count). The molecule has 1 aliphatic heterocycles. The number of amides is 3. The van der Waals surface area contributed by atoms with Gasteiger partial charge in [-0.25, -0.2) is 5.01 Å². The van der Waals surface area contributed by atoms with Crippen LogP contribution in [0.25, 0.3) is 0 Å². The number of carbonyl (C=O) groups excluding carboxylic acids is 3. The summed E-state index contributed by atoms with van der Waals surface area (Å²) in [5, 5.41) is 4.08. The van der Waals surface area contributed by atoms with E-state index in [-0.39, 0.29) is 24.1 Å².